The molecule has 0 aliphatic carbocycles. The van der Waals surface area contributed by atoms with Crippen LogP contribution >= 0.6 is 15.9 Å². The van der Waals surface area contributed by atoms with Crippen molar-refractivity contribution in [3.63, 3.8) is 0 Å². The van der Waals surface area contributed by atoms with Crippen LogP contribution in [-0.2, 0) is 17.6 Å². The monoisotopic (exact) mass is 541 g/mol. The number of halogens is 1. The molecule has 184 valence electrons. The van der Waals surface area contributed by atoms with Gasteiger partial charge in [-0.05, 0) is 55.7 Å². The van der Waals surface area contributed by atoms with Crippen LogP contribution in [0.25, 0.3) is 10.9 Å². The largest absolute Gasteiger partial charge is 0.490 e. The number of aryl methyl sites for hydroxylation is 1. The van der Waals surface area contributed by atoms with Crippen LogP contribution in [0.1, 0.15) is 43.6 Å². The van der Waals surface area contributed by atoms with Crippen molar-refractivity contribution in [3.05, 3.63) is 74.8 Å². The number of carboxylic acids is 1. The summed E-state index contributed by atoms with van der Waals surface area (Å²) >= 11 is 3.42. The molecule has 0 amide bonds. The molecule has 8 nitrogen and oxygen atoms in total. The van der Waals surface area contributed by atoms with Crippen molar-refractivity contribution in [1.29, 1.82) is 0 Å². The van der Waals surface area contributed by atoms with Crippen molar-refractivity contribution in [2.45, 2.75) is 39.5 Å². The number of aliphatic carboxylic acids is 1. The Labute approximate surface area is 212 Å². The SMILES string of the molecule is C=CCc1cc(C=Nn2c(CCCC)nc3ccc(Br)cc3c2=O)cc(OCC)c1OCC(=O)O. The Morgan fingerprint density at radius 2 is 2.06 bits per heavy atom. The molecule has 1 aromatic heterocycles. The predicted molar refractivity (Wildman–Crippen MR) is 140 cm³/mol. The number of rotatable bonds is 12. The first-order chi connectivity index (χ1) is 16.9. The molecule has 35 heavy (non-hydrogen) atoms. The van der Waals surface area contributed by atoms with Crippen LogP contribution in [0.5, 0.6) is 11.5 Å². The molecule has 3 rings (SSSR count). The van der Waals surface area contributed by atoms with Gasteiger partial charge in [-0.3, -0.25) is 4.79 Å². The van der Waals surface area contributed by atoms with Gasteiger partial charge < -0.3 is 14.6 Å². The van der Waals surface area contributed by atoms with Crippen molar-refractivity contribution in [1.82, 2.24) is 9.66 Å². The van der Waals surface area contributed by atoms with Gasteiger partial charge in [-0.15, -0.1) is 6.58 Å². The van der Waals surface area contributed by atoms with E-state index in [1.807, 2.05) is 25.1 Å². The van der Waals surface area contributed by atoms with E-state index in [9.17, 15) is 9.59 Å². The number of ether oxygens (including phenoxy) is 2. The Balaban J connectivity index is 2.11. The maximum Gasteiger partial charge on any atom is 0.341 e. The molecule has 0 aliphatic rings. The summed E-state index contributed by atoms with van der Waals surface area (Å²) in [4.78, 5) is 29.0. The predicted octanol–water partition coefficient (Wildman–Crippen LogP) is 4.97. The maximum atomic E-state index is 13.3. The number of hydrogen-bond acceptors (Lipinski definition) is 6. The van der Waals surface area contributed by atoms with Crippen molar-refractivity contribution >= 4 is 39.0 Å². The second kappa shape index (κ2) is 12.3. The van der Waals surface area contributed by atoms with Gasteiger partial charge in [0, 0.05) is 16.5 Å². The molecule has 0 bridgehead atoms. The minimum absolute atomic E-state index is 0.253. The lowest BCUT2D eigenvalue weighted by molar-refractivity contribution is -0.139. The van der Waals surface area contributed by atoms with E-state index in [1.165, 1.54) is 4.68 Å². The molecular weight excluding hydrogens is 514 g/mol. The first-order valence-electron chi connectivity index (χ1n) is 11.4. The quantitative estimate of drug-likeness (QED) is 0.256. The number of unbranched alkanes of at least 4 members (excludes halogenated alkanes) is 1. The highest BCUT2D eigenvalue weighted by molar-refractivity contribution is 9.10. The van der Waals surface area contributed by atoms with Gasteiger partial charge in [0.05, 0.1) is 23.7 Å². The van der Waals surface area contributed by atoms with Crippen LogP contribution in [0.3, 0.4) is 0 Å². The smallest absolute Gasteiger partial charge is 0.341 e. The lowest BCUT2D eigenvalue weighted by Gasteiger charge is -2.15. The molecule has 9 heteroatoms. The lowest BCUT2D eigenvalue weighted by atomic mass is 10.1. The van der Waals surface area contributed by atoms with Gasteiger partial charge in [-0.1, -0.05) is 35.4 Å². The van der Waals surface area contributed by atoms with E-state index in [0.717, 1.165) is 17.3 Å². The average Bonchev–Trinajstić information content (AvgIpc) is 2.82. The normalized spacial score (nSPS) is 11.2. The summed E-state index contributed by atoms with van der Waals surface area (Å²) in [6.45, 7) is 7.55. The third-order valence-corrected chi connectivity index (χ3v) is 5.60. The number of carbonyl (C=O) groups is 1. The average molecular weight is 542 g/mol. The number of nitrogens with zero attached hydrogens (tertiary/aromatic N) is 3. The first kappa shape index (κ1) is 26.2. The third kappa shape index (κ3) is 6.57. The lowest BCUT2D eigenvalue weighted by Crippen LogP contribution is -2.22. The Morgan fingerprint density at radius 1 is 1.26 bits per heavy atom. The van der Waals surface area contributed by atoms with Gasteiger partial charge >= 0.3 is 5.97 Å². The van der Waals surface area contributed by atoms with Crippen LogP contribution in [0.15, 0.2) is 57.4 Å². The van der Waals surface area contributed by atoms with Crippen molar-refractivity contribution in [3.8, 4) is 11.5 Å². The van der Waals surface area contributed by atoms with Crippen LogP contribution in [-0.4, -0.2) is 40.2 Å². The highest BCUT2D eigenvalue weighted by Gasteiger charge is 2.15. The van der Waals surface area contributed by atoms with E-state index in [2.05, 4.69) is 34.5 Å². The van der Waals surface area contributed by atoms with E-state index in [1.54, 1.807) is 24.4 Å². The molecule has 0 radical (unpaired) electrons. The molecule has 1 heterocycles. The summed E-state index contributed by atoms with van der Waals surface area (Å²) in [5.74, 6) is 0.246. The molecule has 0 spiro atoms. The first-order valence-corrected chi connectivity index (χ1v) is 12.2. The number of carboxylic acid groups (broad SMARTS) is 1. The van der Waals surface area contributed by atoms with Gasteiger partial charge in [-0.25, -0.2) is 9.78 Å². The minimum atomic E-state index is -1.09. The Kier molecular flexibility index (Phi) is 9.19. The molecule has 2 aromatic carbocycles. The summed E-state index contributed by atoms with van der Waals surface area (Å²) in [5, 5.41) is 14.0. The highest BCUT2D eigenvalue weighted by Crippen LogP contribution is 2.33. The summed E-state index contributed by atoms with van der Waals surface area (Å²) < 4.78 is 13.4. The molecule has 3 aromatic rings. The fourth-order valence-corrected chi connectivity index (χ4v) is 3.92. The van der Waals surface area contributed by atoms with Crippen LogP contribution < -0.4 is 15.0 Å². The van der Waals surface area contributed by atoms with E-state index in [0.29, 0.717) is 58.8 Å². The topological polar surface area (TPSA) is 103 Å². The molecule has 1 N–H and O–H groups in total. The van der Waals surface area contributed by atoms with Crippen molar-refractivity contribution in [2.24, 2.45) is 5.10 Å². The summed E-state index contributed by atoms with van der Waals surface area (Å²) in [7, 11) is 0. The number of allylic oxidation sites excluding steroid dienone is 1. The van der Waals surface area contributed by atoms with Gasteiger partial charge in [0.15, 0.2) is 18.1 Å². The number of fused-ring (bicyclic) bond motifs is 1. The van der Waals surface area contributed by atoms with Crippen LogP contribution in [0.2, 0.25) is 0 Å². The van der Waals surface area contributed by atoms with E-state index in [4.69, 9.17) is 19.6 Å². The standard InChI is InChI=1S/C26H28BrN3O5/c1-4-7-9-23-29-21-11-10-19(27)14-20(21)26(33)30(23)28-15-17-12-18(8-5-2)25(35-16-24(31)32)22(13-17)34-6-3/h5,10-15H,2,4,6-9,16H2,1,3H3,(H,31,32). The molecule has 0 saturated heterocycles. The van der Waals surface area contributed by atoms with Gasteiger partial charge in [0.1, 0.15) is 5.82 Å². The zero-order chi connectivity index (χ0) is 25.4. The van der Waals surface area contributed by atoms with E-state index < -0.39 is 12.6 Å². The van der Waals surface area contributed by atoms with Crippen LogP contribution in [0, 0.1) is 0 Å². The van der Waals surface area contributed by atoms with Crippen molar-refractivity contribution < 1.29 is 19.4 Å². The third-order valence-electron chi connectivity index (χ3n) is 5.11. The Bertz CT molecular complexity index is 1320. The second-order valence-corrected chi connectivity index (χ2v) is 8.69. The minimum Gasteiger partial charge on any atom is -0.490 e. The molecule has 0 fully saturated rings. The van der Waals surface area contributed by atoms with Crippen molar-refractivity contribution in [2.75, 3.05) is 13.2 Å². The van der Waals surface area contributed by atoms with E-state index in [-0.39, 0.29) is 5.56 Å². The van der Waals surface area contributed by atoms with E-state index >= 15 is 0 Å². The molecule has 0 atom stereocenters. The molecular formula is C26H28BrN3O5. The number of aromatic nitrogens is 2. The maximum absolute atomic E-state index is 13.3. The zero-order valence-electron chi connectivity index (χ0n) is 19.8. The summed E-state index contributed by atoms with van der Waals surface area (Å²) in [5.41, 5.74) is 1.74. The summed E-state index contributed by atoms with van der Waals surface area (Å²) in [6.07, 6.45) is 6.14. The van der Waals surface area contributed by atoms with Gasteiger partial charge in [-0.2, -0.15) is 9.78 Å². The molecule has 0 unspecified atom stereocenters. The Hall–Kier alpha value is -3.46. The zero-order valence-corrected chi connectivity index (χ0v) is 21.4. The number of hydrogen-bond donors (Lipinski definition) is 1. The second-order valence-electron chi connectivity index (χ2n) is 7.77. The van der Waals surface area contributed by atoms with Gasteiger partial charge in [0.25, 0.3) is 5.56 Å². The fraction of sp³-hybridized carbons (Fsp3) is 0.308. The fourth-order valence-electron chi connectivity index (χ4n) is 3.56. The molecule has 0 saturated carbocycles. The number of benzene rings is 2. The Morgan fingerprint density at radius 3 is 2.74 bits per heavy atom. The summed E-state index contributed by atoms with van der Waals surface area (Å²) in [6, 6.07) is 8.93. The molecule has 0 aliphatic heterocycles. The van der Waals surface area contributed by atoms with Crippen LogP contribution in [0.4, 0.5) is 0 Å². The van der Waals surface area contributed by atoms with Gasteiger partial charge in [0.2, 0.25) is 0 Å². The highest BCUT2D eigenvalue weighted by atomic mass is 79.9.